The van der Waals surface area contributed by atoms with Gasteiger partial charge in [-0.25, -0.2) is 5.90 Å². The number of halogens is 3. The van der Waals surface area contributed by atoms with Crippen molar-refractivity contribution in [2.24, 2.45) is 5.90 Å². The van der Waals surface area contributed by atoms with Crippen molar-refractivity contribution in [2.45, 2.75) is 18.7 Å². The fourth-order valence-electron chi connectivity index (χ4n) is 0.437. The molecule has 0 saturated heterocycles. The van der Waals surface area contributed by atoms with E-state index in [1.807, 2.05) is 0 Å². The van der Waals surface area contributed by atoms with Gasteiger partial charge in [-0.2, -0.15) is 13.2 Å². The van der Waals surface area contributed by atoms with Gasteiger partial charge in [0.2, 0.25) is 0 Å². The summed E-state index contributed by atoms with van der Waals surface area (Å²) >= 11 is 0. The van der Waals surface area contributed by atoms with Gasteiger partial charge in [-0.3, -0.25) is 0 Å². The molecule has 0 aliphatic rings. The molecule has 1 unspecified atom stereocenters. The molecule has 0 radical (unpaired) electrons. The molecule has 0 rings (SSSR count). The Balaban J connectivity index is 3.47. The van der Waals surface area contributed by atoms with E-state index in [2.05, 4.69) is 10.7 Å². The Bertz CT molecular complexity index is 95.0. The first kappa shape index (κ1) is 9.67. The maximum atomic E-state index is 11.4. The lowest BCUT2D eigenvalue weighted by atomic mass is 10.3. The largest absolute Gasteiger partial charge is 0.391 e. The van der Waals surface area contributed by atoms with Crippen LogP contribution in [-0.2, 0) is 4.84 Å². The van der Waals surface area contributed by atoms with Gasteiger partial charge in [-0.05, 0) is 0 Å². The second kappa shape index (κ2) is 3.75. The average Bonchev–Trinajstić information content (AvgIpc) is 1.59. The molecule has 3 N–H and O–H groups in total. The minimum absolute atomic E-state index is 0.500. The fourth-order valence-corrected chi connectivity index (χ4v) is 0.437. The van der Waals surface area contributed by atoms with E-state index in [1.165, 1.54) is 0 Å². The van der Waals surface area contributed by atoms with Gasteiger partial charge in [0, 0.05) is 0 Å². The van der Waals surface area contributed by atoms with E-state index >= 15 is 0 Å². The Hall–Kier alpha value is -0.330. The number of hydrogen-bond acceptors (Lipinski definition) is 3. The van der Waals surface area contributed by atoms with Gasteiger partial charge < -0.3 is 9.94 Å². The minimum atomic E-state index is -4.36. The van der Waals surface area contributed by atoms with Crippen LogP contribution in [0, 0.1) is 0 Å². The Morgan fingerprint density at radius 1 is 1.50 bits per heavy atom. The molecule has 1 atom stereocenters. The smallest absolute Gasteiger partial charge is 0.390 e. The van der Waals surface area contributed by atoms with Crippen molar-refractivity contribution in [2.75, 3.05) is 6.61 Å². The molecule has 62 valence electrons. The van der Waals surface area contributed by atoms with Crippen LogP contribution in [0.5, 0.6) is 0 Å². The van der Waals surface area contributed by atoms with Gasteiger partial charge in [0.15, 0.2) is 0 Å². The molecule has 3 nitrogen and oxygen atoms in total. The highest BCUT2D eigenvalue weighted by Crippen LogP contribution is 2.21. The fraction of sp³-hybridized carbons (Fsp3) is 1.00. The number of aliphatic hydroxyl groups excluding tert-OH is 1. The first-order chi connectivity index (χ1) is 4.45. The average molecular weight is 159 g/mol. The van der Waals surface area contributed by atoms with E-state index in [4.69, 9.17) is 5.11 Å². The van der Waals surface area contributed by atoms with E-state index < -0.39 is 25.3 Å². The van der Waals surface area contributed by atoms with Crippen LogP contribution < -0.4 is 5.90 Å². The summed E-state index contributed by atoms with van der Waals surface area (Å²) in [7, 11) is 0. The molecule has 0 aromatic heterocycles. The summed E-state index contributed by atoms with van der Waals surface area (Å²) in [6.45, 7) is -0.500. The molecule has 0 heterocycles. The van der Waals surface area contributed by atoms with E-state index in [0.717, 1.165) is 0 Å². The first-order valence-corrected chi connectivity index (χ1v) is 2.52. The van der Waals surface area contributed by atoms with E-state index in [-0.39, 0.29) is 0 Å². The maximum Gasteiger partial charge on any atom is 0.391 e. The van der Waals surface area contributed by atoms with Crippen LogP contribution in [0.4, 0.5) is 13.2 Å². The molecule has 0 aromatic carbocycles. The van der Waals surface area contributed by atoms with Crippen molar-refractivity contribution in [3.8, 4) is 0 Å². The van der Waals surface area contributed by atoms with E-state index in [9.17, 15) is 13.2 Å². The van der Waals surface area contributed by atoms with Crippen LogP contribution in [0.15, 0.2) is 0 Å². The van der Waals surface area contributed by atoms with Crippen LogP contribution in [0.1, 0.15) is 6.42 Å². The highest BCUT2D eigenvalue weighted by atomic mass is 19.4. The highest BCUT2D eigenvalue weighted by molar-refractivity contribution is 4.59. The summed E-state index contributed by atoms with van der Waals surface area (Å²) in [6.07, 6.45) is -7.22. The van der Waals surface area contributed by atoms with Crippen LogP contribution >= 0.6 is 0 Å². The van der Waals surface area contributed by atoms with Gasteiger partial charge in [0.05, 0.1) is 19.1 Å². The number of aliphatic hydroxyl groups is 1. The van der Waals surface area contributed by atoms with Gasteiger partial charge >= 0.3 is 6.18 Å². The molecular formula is C4H8F3NO2. The second-order valence-electron chi connectivity index (χ2n) is 1.81. The number of nitrogens with two attached hydrogens (primary N) is 1. The Labute approximate surface area is 55.5 Å². The molecule has 0 fully saturated rings. The quantitative estimate of drug-likeness (QED) is 0.578. The minimum Gasteiger partial charge on any atom is -0.390 e. The SMILES string of the molecule is NOCC(O)CC(F)(F)F. The van der Waals surface area contributed by atoms with Crippen molar-refractivity contribution in [1.29, 1.82) is 0 Å². The molecular weight excluding hydrogens is 151 g/mol. The molecule has 10 heavy (non-hydrogen) atoms. The zero-order valence-corrected chi connectivity index (χ0v) is 5.06. The number of rotatable bonds is 3. The summed E-state index contributed by atoms with van der Waals surface area (Å²) in [4.78, 5) is 3.80. The molecule has 0 amide bonds. The summed E-state index contributed by atoms with van der Waals surface area (Å²) in [5.74, 6) is 4.42. The standard InChI is InChI=1S/C4H8F3NO2/c5-4(6,7)1-3(9)2-10-8/h3,9H,1-2,8H2. The predicted molar refractivity (Wildman–Crippen MR) is 26.8 cm³/mol. The van der Waals surface area contributed by atoms with Crippen LogP contribution in [-0.4, -0.2) is 24.0 Å². The third kappa shape index (κ3) is 5.80. The van der Waals surface area contributed by atoms with Gasteiger partial charge in [0.1, 0.15) is 0 Å². The molecule has 0 bridgehead atoms. The van der Waals surface area contributed by atoms with Crippen LogP contribution in [0.3, 0.4) is 0 Å². The van der Waals surface area contributed by atoms with Crippen molar-refractivity contribution in [3.05, 3.63) is 0 Å². The lowest BCUT2D eigenvalue weighted by molar-refractivity contribution is -0.159. The van der Waals surface area contributed by atoms with Crippen LogP contribution in [0.2, 0.25) is 0 Å². The van der Waals surface area contributed by atoms with Gasteiger partial charge in [0.25, 0.3) is 0 Å². The summed E-state index contributed by atoms with van der Waals surface area (Å²) in [6, 6.07) is 0. The van der Waals surface area contributed by atoms with E-state index in [1.54, 1.807) is 0 Å². The van der Waals surface area contributed by atoms with Crippen molar-refractivity contribution in [1.82, 2.24) is 0 Å². The third-order valence-electron chi connectivity index (χ3n) is 0.756. The third-order valence-corrected chi connectivity index (χ3v) is 0.756. The van der Waals surface area contributed by atoms with E-state index in [0.29, 0.717) is 0 Å². The van der Waals surface area contributed by atoms with Crippen molar-refractivity contribution < 1.29 is 23.1 Å². The summed E-state index contributed by atoms with van der Waals surface area (Å²) < 4.78 is 34.1. The Kier molecular flexibility index (Phi) is 3.62. The van der Waals surface area contributed by atoms with Crippen molar-refractivity contribution >= 4 is 0 Å². The molecule has 0 aliphatic carbocycles. The van der Waals surface area contributed by atoms with Crippen LogP contribution in [0.25, 0.3) is 0 Å². The summed E-state index contributed by atoms with van der Waals surface area (Å²) in [5, 5.41) is 8.46. The van der Waals surface area contributed by atoms with Crippen molar-refractivity contribution in [3.63, 3.8) is 0 Å². The molecule has 0 saturated carbocycles. The zero-order valence-electron chi connectivity index (χ0n) is 5.06. The lowest BCUT2D eigenvalue weighted by Crippen LogP contribution is -2.25. The monoisotopic (exact) mass is 159 g/mol. The lowest BCUT2D eigenvalue weighted by Gasteiger charge is -2.10. The first-order valence-electron chi connectivity index (χ1n) is 2.52. The number of hydrogen-bond donors (Lipinski definition) is 2. The molecule has 0 spiro atoms. The van der Waals surface area contributed by atoms with Gasteiger partial charge in [-0.1, -0.05) is 0 Å². The zero-order chi connectivity index (χ0) is 8.20. The second-order valence-corrected chi connectivity index (χ2v) is 1.81. The van der Waals surface area contributed by atoms with Gasteiger partial charge in [-0.15, -0.1) is 0 Å². The molecule has 6 heteroatoms. The maximum absolute atomic E-state index is 11.4. The summed E-state index contributed by atoms with van der Waals surface area (Å²) in [5.41, 5.74) is 0. The number of alkyl halides is 3. The predicted octanol–water partition coefficient (Wildman–Crippen LogP) is 0.190. The Morgan fingerprint density at radius 2 is 2.00 bits per heavy atom. The topological polar surface area (TPSA) is 55.5 Å². The highest BCUT2D eigenvalue weighted by Gasteiger charge is 2.30. The normalized spacial score (nSPS) is 15.3. The Morgan fingerprint density at radius 3 is 2.30 bits per heavy atom. The molecule has 0 aliphatic heterocycles. The molecule has 0 aromatic rings.